The number of nitrogens with zero attached hydrogens (tertiary/aromatic N) is 2. The van der Waals surface area contributed by atoms with Crippen LogP contribution >= 0.6 is 11.8 Å². The van der Waals surface area contributed by atoms with E-state index in [-0.39, 0.29) is 11.7 Å². The Hall–Kier alpha value is -2.88. The van der Waals surface area contributed by atoms with Gasteiger partial charge in [-0.25, -0.2) is 4.39 Å². The molecule has 2 aliphatic heterocycles. The first kappa shape index (κ1) is 23.8. The standard InChI is InChI=1S/C26H29FN4O3S/c1-33-24-12-18-11-20(15-29-22(18)13-21(24)27)34-9-8-31-6-4-19(5-7-31)28-14-17-2-3-25-23(10-17)30-26(32)16-35-25/h2-3,10-13,15,19,28H,4-9,14,16H2,1H3,(H,30,32). The van der Waals surface area contributed by atoms with Crippen LogP contribution in [0.2, 0.25) is 0 Å². The second kappa shape index (κ2) is 10.8. The minimum absolute atomic E-state index is 0.0662. The SMILES string of the molecule is COc1cc2cc(OCCN3CCC(NCc4ccc5c(c4)NC(=O)CS5)CC3)cnc2cc1F. The van der Waals surface area contributed by atoms with E-state index < -0.39 is 5.82 Å². The number of pyridine rings is 1. The van der Waals surface area contributed by atoms with Gasteiger partial charge < -0.3 is 20.1 Å². The van der Waals surface area contributed by atoms with Crippen LogP contribution in [0.4, 0.5) is 10.1 Å². The number of anilines is 1. The maximum atomic E-state index is 13.8. The van der Waals surface area contributed by atoms with E-state index in [1.807, 2.05) is 6.07 Å². The molecule has 3 heterocycles. The monoisotopic (exact) mass is 496 g/mol. The van der Waals surface area contributed by atoms with E-state index in [1.165, 1.54) is 18.7 Å². The lowest BCUT2D eigenvalue weighted by Crippen LogP contribution is -2.43. The number of rotatable bonds is 8. The van der Waals surface area contributed by atoms with E-state index >= 15 is 0 Å². The summed E-state index contributed by atoms with van der Waals surface area (Å²) in [6, 6.07) is 11.7. The fraction of sp³-hybridized carbons (Fsp3) is 0.385. The highest BCUT2D eigenvalue weighted by Crippen LogP contribution is 2.32. The van der Waals surface area contributed by atoms with Crippen molar-refractivity contribution in [2.75, 3.05) is 44.4 Å². The Morgan fingerprint density at radius 3 is 2.91 bits per heavy atom. The zero-order chi connectivity index (χ0) is 24.2. The summed E-state index contributed by atoms with van der Waals surface area (Å²) < 4.78 is 24.8. The first-order valence-corrected chi connectivity index (χ1v) is 12.8. The van der Waals surface area contributed by atoms with Crippen molar-refractivity contribution in [1.29, 1.82) is 0 Å². The third-order valence-electron chi connectivity index (χ3n) is 6.47. The highest BCUT2D eigenvalue weighted by atomic mass is 32.2. The molecule has 2 N–H and O–H groups in total. The molecule has 0 aliphatic carbocycles. The third-order valence-corrected chi connectivity index (χ3v) is 7.54. The van der Waals surface area contributed by atoms with Gasteiger partial charge >= 0.3 is 0 Å². The van der Waals surface area contributed by atoms with Crippen LogP contribution in [0.1, 0.15) is 18.4 Å². The number of hydrogen-bond acceptors (Lipinski definition) is 7. The second-order valence-electron chi connectivity index (χ2n) is 8.86. The van der Waals surface area contributed by atoms with E-state index in [4.69, 9.17) is 9.47 Å². The van der Waals surface area contributed by atoms with E-state index in [0.29, 0.717) is 29.7 Å². The summed E-state index contributed by atoms with van der Waals surface area (Å²) in [6.45, 7) is 4.25. The molecule has 3 aromatic rings. The van der Waals surface area contributed by atoms with E-state index in [9.17, 15) is 9.18 Å². The number of amides is 1. The normalized spacial score (nSPS) is 16.7. The van der Waals surface area contributed by atoms with Crippen LogP contribution in [-0.4, -0.2) is 60.9 Å². The maximum Gasteiger partial charge on any atom is 0.234 e. The van der Waals surface area contributed by atoms with Gasteiger partial charge in [0.15, 0.2) is 11.6 Å². The van der Waals surface area contributed by atoms with Gasteiger partial charge in [0.1, 0.15) is 12.4 Å². The van der Waals surface area contributed by atoms with Gasteiger partial charge in [-0.15, -0.1) is 11.8 Å². The summed E-state index contributed by atoms with van der Waals surface area (Å²) in [5.74, 6) is 1.00. The van der Waals surface area contributed by atoms with Crippen LogP contribution in [0, 0.1) is 5.82 Å². The Bertz CT molecular complexity index is 1220. The number of methoxy groups -OCH3 is 1. The molecule has 1 fully saturated rings. The van der Waals surface area contributed by atoms with Gasteiger partial charge in [0.05, 0.1) is 30.3 Å². The molecule has 0 unspecified atom stereocenters. The molecule has 0 spiro atoms. The van der Waals surface area contributed by atoms with Gasteiger partial charge in [-0.3, -0.25) is 14.7 Å². The van der Waals surface area contributed by atoms with Gasteiger partial charge in [0.25, 0.3) is 0 Å². The van der Waals surface area contributed by atoms with Crippen molar-refractivity contribution in [3.63, 3.8) is 0 Å². The fourth-order valence-electron chi connectivity index (χ4n) is 4.50. The zero-order valence-electron chi connectivity index (χ0n) is 19.7. The average molecular weight is 497 g/mol. The maximum absolute atomic E-state index is 13.8. The van der Waals surface area contributed by atoms with Crippen molar-refractivity contribution in [2.45, 2.75) is 30.3 Å². The first-order chi connectivity index (χ1) is 17.1. The highest BCUT2D eigenvalue weighted by molar-refractivity contribution is 8.00. The Labute approximate surface area is 208 Å². The number of nitrogens with one attached hydrogen (secondary N) is 2. The number of benzene rings is 2. The topological polar surface area (TPSA) is 75.7 Å². The number of thioether (sulfide) groups is 1. The third kappa shape index (κ3) is 5.86. The Balaban J connectivity index is 1.05. The summed E-state index contributed by atoms with van der Waals surface area (Å²) in [4.78, 5) is 19.5. The summed E-state index contributed by atoms with van der Waals surface area (Å²) in [6.07, 6.45) is 3.80. The molecule has 0 atom stereocenters. The smallest absolute Gasteiger partial charge is 0.234 e. The van der Waals surface area contributed by atoms with Crippen molar-refractivity contribution < 1.29 is 18.7 Å². The van der Waals surface area contributed by atoms with Gasteiger partial charge in [-0.1, -0.05) is 6.07 Å². The fourth-order valence-corrected chi connectivity index (χ4v) is 5.29. The predicted octanol–water partition coefficient (Wildman–Crippen LogP) is 4.06. The summed E-state index contributed by atoms with van der Waals surface area (Å²) in [5.41, 5.74) is 2.68. The van der Waals surface area contributed by atoms with Crippen molar-refractivity contribution in [2.24, 2.45) is 0 Å². The van der Waals surface area contributed by atoms with E-state index in [0.717, 1.165) is 55.0 Å². The van der Waals surface area contributed by atoms with Gasteiger partial charge in [0, 0.05) is 35.5 Å². The molecule has 0 radical (unpaired) electrons. The molecule has 7 nitrogen and oxygen atoms in total. The molecule has 1 saturated heterocycles. The largest absolute Gasteiger partial charge is 0.494 e. The molecule has 1 amide bonds. The first-order valence-electron chi connectivity index (χ1n) is 11.8. The van der Waals surface area contributed by atoms with E-state index in [2.05, 4.69) is 38.7 Å². The average Bonchev–Trinajstić information content (AvgIpc) is 2.87. The lowest BCUT2D eigenvalue weighted by Gasteiger charge is -2.32. The van der Waals surface area contributed by atoms with Crippen molar-refractivity contribution in [3.8, 4) is 11.5 Å². The molecule has 1 aromatic heterocycles. The zero-order valence-corrected chi connectivity index (χ0v) is 20.5. The Kier molecular flexibility index (Phi) is 7.36. The predicted molar refractivity (Wildman–Crippen MR) is 136 cm³/mol. The van der Waals surface area contributed by atoms with E-state index in [1.54, 1.807) is 24.0 Å². The van der Waals surface area contributed by atoms with Crippen LogP contribution in [0.15, 0.2) is 47.5 Å². The number of likely N-dealkylation sites (tertiary alicyclic amines) is 1. The van der Waals surface area contributed by atoms with Crippen molar-refractivity contribution in [1.82, 2.24) is 15.2 Å². The molecule has 0 bridgehead atoms. The number of carbonyl (C=O) groups is 1. The minimum atomic E-state index is -0.422. The van der Waals surface area contributed by atoms with Crippen LogP contribution in [-0.2, 0) is 11.3 Å². The molecule has 35 heavy (non-hydrogen) atoms. The number of hydrogen-bond donors (Lipinski definition) is 2. The molecular weight excluding hydrogens is 467 g/mol. The number of aromatic nitrogens is 1. The summed E-state index contributed by atoms with van der Waals surface area (Å²) in [7, 11) is 1.45. The van der Waals surface area contributed by atoms with Crippen LogP contribution < -0.4 is 20.1 Å². The minimum Gasteiger partial charge on any atom is -0.494 e. The number of piperidine rings is 1. The number of halogens is 1. The molecule has 184 valence electrons. The molecule has 2 aliphatic rings. The van der Waals surface area contributed by atoms with Crippen LogP contribution in [0.25, 0.3) is 10.9 Å². The number of ether oxygens (including phenoxy) is 2. The molecule has 9 heteroatoms. The molecule has 5 rings (SSSR count). The van der Waals surface area contributed by atoms with Crippen LogP contribution in [0.3, 0.4) is 0 Å². The van der Waals surface area contributed by atoms with Gasteiger partial charge in [0.2, 0.25) is 5.91 Å². The van der Waals surface area contributed by atoms with Gasteiger partial charge in [-0.2, -0.15) is 0 Å². The lowest BCUT2D eigenvalue weighted by atomic mass is 10.0. The highest BCUT2D eigenvalue weighted by Gasteiger charge is 2.20. The number of fused-ring (bicyclic) bond motifs is 2. The lowest BCUT2D eigenvalue weighted by molar-refractivity contribution is -0.113. The Morgan fingerprint density at radius 1 is 1.23 bits per heavy atom. The Morgan fingerprint density at radius 2 is 2.09 bits per heavy atom. The summed E-state index contributed by atoms with van der Waals surface area (Å²) >= 11 is 1.59. The molecule has 2 aromatic carbocycles. The second-order valence-corrected chi connectivity index (χ2v) is 9.88. The van der Waals surface area contributed by atoms with Crippen molar-refractivity contribution in [3.05, 3.63) is 54.0 Å². The quantitative estimate of drug-likeness (QED) is 0.487. The molecule has 0 saturated carbocycles. The van der Waals surface area contributed by atoms with Crippen LogP contribution in [0.5, 0.6) is 11.5 Å². The summed E-state index contributed by atoms with van der Waals surface area (Å²) in [5, 5.41) is 7.41. The van der Waals surface area contributed by atoms with Gasteiger partial charge in [-0.05, 0) is 55.8 Å². The van der Waals surface area contributed by atoms with Crippen molar-refractivity contribution >= 4 is 34.3 Å². The molecular formula is C26H29FN4O3S. The number of carbonyl (C=O) groups excluding carboxylic acids is 1.